The summed E-state index contributed by atoms with van der Waals surface area (Å²) in [5, 5.41) is 0.708. The van der Waals surface area contributed by atoms with Crippen molar-refractivity contribution in [3.63, 3.8) is 0 Å². The fourth-order valence-corrected chi connectivity index (χ4v) is 3.55. The largest absolute Gasteiger partial charge is 0.380 e. The minimum absolute atomic E-state index is 0.0996. The molecule has 0 N–H and O–H groups in total. The molecule has 3 rings (SSSR count). The number of carbonyl (C=O) groups is 1. The Balaban J connectivity index is 1.48. The Morgan fingerprint density at radius 1 is 1.08 bits per heavy atom. The third-order valence-corrected chi connectivity index (χ3v) is 5.09. The van der Waals surface area contributed by atoms with E-state index in [-0.39, 0.29) is 5.91 Å². The van der Waals surface area contributed by atoms with Crippen LogP contribution in [0.15, 0.2) is 30.3 Å². The van der Waals surface area contributed by atoms with E-state index in [0.29, 0.717) is 11.1 Å². The quantitative estimate of drug-likeness (QED) is 0.787. The van der Waals surface area contributed by atoms with Crippen LogP contribution in [-0.4, -0.2) is 61.1 Å². The van der Waals surface area contributed by atoms with Gasteiger partial charge in [-0.05, 0) is 43.0 Å². The summed E-state index contributed by atoms with van der Waals surface area (Å²) in [7, 11) is 0. The van der Waals surface area contributed by atoms with Gasteiger partial charge in [0.25, 0.3) is 0 Å². The first kappa shape index (κ1) is 17.5. The van der Waals surface area contributed by atoms with Gasteiger partial charge in [-0.25, -0.2) is 0 Å². The third-order valence-electron chi connectivity index (χ3n) is 4.84. The zero-order chi connectivity index (χ0) is 16.8. The summed E-state index contributed by atoms with van der Waals surface area (Å²) in [5.41, 5.74) is 0.993. The first-order chi connectivity index (χ1) is 11.7. The number of carbonyl (C=O) groups excluding carboxylic acids is 1. The topological polar surface area (TPSA) is 32.8 Å². The highest BCUT2D eigenvalue weighted by atomic mass is 35.5. The second-order valence-electron chi connectivity index (χ2n) is 6.44. The van der Waals surface area contributed by atoms with Gasteiger partial charge in [-0.1, -0.05) is 23.7 Å². The van der Waals surface area contributed by atoms with Crippen molar-refractivity contribution in [3.8, 4) is 0 Å². The van der Waals surface area contributed by atoms with Crippen LogP contribution in [0.1, 0.15) is 24.8 Å². The number of rotatable bonds is 3. The van der Waals surface area contributed by atoms with Crippen LogP contribution in [0.4, 0.5) is 0 Å². The van der Waals surface area contributed by atoms with Crippen molar-refractivity contribution in [2.24, 2.45) is 0 Å². The molecule has 0 saturated carbocycles. The predicted molar refractivity (Wildman–Crippen MR) is 97.1 cm³/mol. The fraction of sp³-hybridized carbons (Fsp3) is 0.526. The Morgan fingerprint density at radius 3 is 2.58 bits per heavy atom. The van der Waals surface area contributed by atoms with Crippen LogP contribution in [0.3, 0.4) is 0 Å². The molecule has 0 aliphatic carbocycles. The van der Waals surface area contributed by atoms with Gasteiger partial charge in [0.1, 0.15) is 0 Å². The van der Waals surface area contributed by atoms with Gasteiger partial charge in [0.2, 0.25) is 5.91 Å². The highest BCUT2D eigenvalue weighted by Crippen LogP contribution is 2.18. The van der Waals surface area contributed by atoms with Gasteiger partial charge < -0.3 is 9.64 Å². The molecule has 0 unspecified atom stereocenters. The molecule has 1 amide bonds. The minimum Gasteiger partial charge on any atom is -0.380 e. The molecule has 2 saturated heterocycles. The standard InChI is InChI=1S/C19H25ClN2O2/c20-17-5-2-16(3-6-17)4-7-19(23)22-11-8-18(9-12-22)21-10-1-14-24-15-13-21/h2-7,18H,1,8-15H2. The first-order valence-corrected chi connectivity index (χ1v) is 9.14. The number of hydrogen-bond donors (Lipinski definition) is 0. The van der Waals surface area contributed by atoms with Gasteiger partial charge in [-0.3, -0.25) is 9.69 Å². The van der Waals surface area contributed by atoms with Gasteiger partial charge in [0.15, 0.2) is 0 Å². The van der Waals surface area contributed by atoms with Gasteiger partial charge >= 0.3 is 0 Å². The summed E-state index contributed by atoms with van der Waals surface area (Å²) >= 11 is 5.87. The number of piperidine rings is 1. The zero-order valence-corrected chi connectivity index (χ0v) is 14.8. The van der Waals surface area contributed by atoms with Gasteiger partial charge in [-0.15, -0.1) is 0 Å². The fourth-order valence-electron chi connectivity index (χ4n) is 3.43. The second kappa shape index (κ2) is 8.65. The number of likely N-dealkylation sites (tertiary alicyclic amines) is 1. The molecular formula is C19H25ClN2O2. The molecule has 4 nitrogen and oxygen atoms in total. The molecule has 0 bridgehead atoms. The lowest BCUT2D eigenvalue weighted by atomic mass is 10.0. The van der Waals surface area contributed by atoms with E-state index in [4.69, 9.17) is 16.3 Å². The number of ether oxygens (including phenoxy) is 1. The van der Waals surface area contributed by atoms with Crippen molar-refractivity contribution in [3.05, 3.63) is 40.9 Å². The third kappa shape index (κ3) is 4.82. The van der Waals surface area contributed by atoms with E-state index in [0.717, 1.165) is 64.2 Å². The molecule has 2 heterocycles. The number of halogens is 1. The molecule has 130 valence electrons. The lowest BCUT2D eigenvalue weighted by molar-refractivity contribution is -0.127. The smallest absolute Gasteiger partial charge is 0.246 e. The van der Waals surface area contributed by atoms with Crippen LogP contribution < -0.4 is 0 Å². The van der Waals surface area contributed by atoms with Gasteiger partial charge in [0.05, 0.1) is 6.61 Å². The molecular weight excluding hydrogens is 324 g/mol. The van der Waals surface area contributed by atoms with Crippen molar-refractivity contribution < 1.29 is 9.53 Å². The van der Waals surface area contributed by atoms with E-state index in [9.17, 15) is 4.79 Å². The summed E-state index contributed by atoms with van der Waals surface area (Å²) < 4.78 is 5.53. The maximum atomic E-state index is 12.4. The van der Waals surface area contributed by atoms with Crippen LogP contribution in [-0.2, 0) is 9.53 Å². The van der Waals surface area contributed by atoms with Crippen molar-refractivity contribution in [1.82, 2.24) is 9.80 Å². The highest BCUT2D eigenvalue weighted by Gasteiger charge is 2.26. The average Bonchev–Trinajstić information content (AvgIpc) is 2.90. The summed E-state index contributed by atoms with van der Waals surface area (Å²) in [6.45, 7) is 5.54. The maximum Gasteiger partial charge on any atom is 0.246 e. The molecule has 24 heavy (non-hydrogen) atoms. The van der Waals surface area contributed by atoms with Crippen LogP contribution >= 0.6 is 11.6 Å². The van der Waals surface area contributed by atoms with Crippen LogP contribution in [0.2, 0.25) is 5.02 Å². The molecule has 2 fully saturated rings. The lowest BCUT2D eigenvalue weighted by Gasteiger charge is -2.37. The normalized spacial score (nSPS) is 21.1. The Hall–Kier alpha value is -1.36. The lowest BCUT2D eigenvalue weighted by Crippen LogP contribution is -2.47. The highest BCUT2D eigenvalue weighted by molar-refractivity contribution is 6.30. The zero-order valence-electron chi connectivity index (χ0n) is 14.0. The second-order valence-corrected chi connectivity index (χ2v) is 6.88. The number of nitrogens with zero attached hydrogens (tertiary/aromatic N) is 2. The van der Waals surface area contributed by atoms with Crippen LogP contribution in [0.25, 0.3) is 6.08 Å². The van der Waals surface area contributed by atoms with E-state index >= 15 is 0 Å². The first-order valence-electron chi connectivity index (χ1n) is 8.77. The Morgan fingerprint density at radius 2 is 1.83 bits per heavy atom. The molecule has 5 heteroatoms. The average molecular weight is 349 g/mol. The minimum atomic E-state index is 0.0996. The summed E-state index contributed by atoms with van der Waals surface area (Å²) in [4.78, 5) is 16.9. The Labute approximate surface area is 149 Å². The summed E-state index contributed by atoms with van der Waals surface area (Å²) in [6, 6.07) is 8.10. The van der Waals surface area contributed by atoms with Crippen molar-refractivity contribution in [2.45, 2.75) is 25.3 Å². The van der Waals surface area contributed by atoms with E-state index in [1.54, 1.807) is 6.08 Å². The molecule has 2 aliphatic heterocycles. The monoisotopic (exact) mass is 348 g/mol. The molecule has 0 aromatic heterocycles. The number of hydrogen-bond acceptors (Lipinski definition) is 3. The summed E-state index contributed by atoms with van der Waals surface area (Å²) in [5.74, 6) is 0.0996. The van der Waals surface area contributed by atoms with E-state index in [2.05, 4.69) is 4.90 Å². The summed E-state index contributed by atoms with van der Waals surface area (Å²) in [6.07, 6.45) is 6.75. The molecule has 0 radical (unpaired) electrons. The van der Waals surface area contributed by atoms with Crippen LogP contribution in [0.5, 0.6) is 0 Å². The molecule has 2 aliphatic rings. The van der Waals surface area contributed by atoms with Crippen molar-refractivity contribution in [1.29, 1.82) is 0 Å². The Kier molecular flexibility index (Phi) is 6.30. The number of benzene rings is 1. The maximum absolute atomic E-state index is 12.4. The van der Waals surface area contributed by atoms with Gasteiger partial charge in [0, 0.05) is 49.9 Å². The van der Waals surface area contributed by atoms with Crippen LogP contribution in [0, 0.1) is 0 Å². The van der Waals surface area contributed by atoms with E-state index < -0.39 is 0 Å². The molecule has 1 aromatic rings. The van der Waals surface area contributed by atoms with Crippen molar-refractivity contribution in [2.75, 3.05) is 39.4 Å². The molecule has 0 atom stereocenters. The van der Waals surface area contributed by atoms with E-state index in [1.807, 2.05) is 35.2 Å². The van der Waals surface area contributed by atoms with Crippen molar-refractivity contribution >= 4 is 23.6 Å². The predicted octanol–water partition coefficient (Wildman–Crippen LogP) is 3.07. The van der Waals surface area contributed by atoms with E-state index in [1.165, 1.54) is 0 Å². The molecule has 1 aromatic carbocycles. The SMILES string of the molecule is O=C(C=Cc1ccc(Cl)cc1)N1CCC(N2CCCOCC2)CC1. The molecule has 0 spiro atoms. The van der Waals surface area contributed by atoms with Gasteiger partial charge in [-0.2, -0.15) is 0 Å². The Bertz CT molecular complexity index is 557. The number of amides is 1.